The number of aromatic nitrogens is 1. The summed E-state index contributed by atoms with van der Waals surface area (Å²) in [5.74, 6) is -1.28. The van der Waals surface area contributed by atoms with Gasteiger partial charge in [0.2, 0.25) is 0 Å². The summed E-state index contributed by atoms with van der Waals surface area (Å²) in [4.78, 5) is 29.2. The van der Waals surface area contributed by atoms with Gasteiger partial charge in [0.1, 0.15) is 11.1 Å². The van der Waals surface area contributed by atoms with E-state index in [4.69, 9.17) is 27.9 Å². The van der Waals surface area contributed by atoms with Gasteiger partial charge in [-0.25, -0.2) is 0 Å². The van der Waals surface area contributed by atoms with Crippen molar-refractivity contribution in [2.45, 2.75) is 12.8 Å². The van der Waals surface area contributed by atoms with Crippen LogP contribution in [0.2, 0.25) is 10.0 Å². The number of ether oxygens (including phenoxy) is 1. The van der Waals surface area contributed by atoms with Crippen LogP contribution in [0.4, 0.5) is 0 Å². The molecule has 0 spiro atoms. The lowest BCUT2D eigenvalue weighted by atomic mass is 9.80. The molecular formula is C17H18Cl2N2O4. The van der Waals surface area contributed by atoms with E-state index < -0.39 is 11.4 Å². The molecule has 1 unspecified atom stereocenters. The molecule has 1 saturated heterocycles. The molecule has 25 heavy (non-hydrogen) atoms. The minimum atomic E-state index is -1.09. The highest BCUT2D eigenvalue weighted by molar-refractivity contribution is 6.39. The van der Waals surface area contributed by atoms with E-state index in [1.54, 1.807) is 18.2 Å². The van der Waals surface area contributed by atoms with E-state index in [0.29, 0.717) is 40.3 Å². The van der Waals surface area contributed by atoms with Crippen LogP contribution >= 0.6 is 23.2 Å². The zero-order valence-corrected chi connectivity index (χ0v) is 15.2. The summed E-state index contributed by atoms with van der Waals surface area (Å²) in [5, 5.41) is 11.1. The Morgan fingerprint density at radius 1 is 1.40 bits per heavy atom. The molecule has 6 nitrogen and oxygen atoms in total. The fourth-order valence-electron chi connectivity index (χ4n) is 3.37. The number of fused-ring (bicyclic) bond motifs is 1. The highest BCUT2D eigenvalue weighted by Crippen LogP contribution is 2.34. The third kappa shape index (κ3) is 3.21. The van der Waals surface area contributed by atoms with Crippen molar-refractivity contribution in [3.8, 4) is 0 Å². The first kappa shape index (κ1) is 18.0. The minimum absolute atomic E-state index is 0.0577. The number of piperidine rings is 1. The Labute approximate surface area is 154 Å². The van der Waals surface area contributed by atoms with Gasteiger partial charge in [-0.15, -0.1) is 0 Å². The van der Waals surface area contributed by atoms with E-state index in [0.717, 1.165) is 0 Å². The number of aliphatic carboxylic acids is 1. The molecule has 1 aromatic carbocycles. The third-order valence-corrected chi connectivity index (χ3v) is 5.28. The Morgan fingerprint density at radius 2 is 2.16 bits per heavy atom. The van der Waals surface area contributed by atoms with Crippen molar-refractivity contribution in [3.05, 3.63) is 33.9 Å². The molecule has 0 radical (unpaired) electrons. The number of H-pyrrole nitrogens is 1. The van der Waals surface area contributed by atoms with Crippen LogP contribution in [0, 0.1) is 5.41 Å². The van der Waals surface area contributed by atoms with Crippen LogP contribution in [0.25, 0.3) is 10.9 Å². The summed E-state index contributed by atoms with van der Waals surface area (Å²) in [6.07, 6.45) is 1.06. The first-order chi connectivity index (χ1) is 11.9. The maximum Gasteiger partial charge on any atom is 0.313 e. The zero-order chi connectivity index (χ0) is 18.2. The molecule has 1 amide bonds. The number of benzene rings is 1. The molecule has 3 rings (SSSR count). The Morgan fingerprint density at radius 3 is 2.84 bits per heavy atom. The van der Waals surface area contributed by atoms with E-state index in [-0.39, 0.29) is 24.8 Å². The van der Waals surface area contributed by atoms with Crippen molar-refractivity contribution in [2.24, 2.45) is 5.41 Å². The molecule has 1 aliphatic heterocycles. The normalized spacial score (nSPS) is 20.8. The molecule has 1 aliphatic rings. The predicted octanol–water partition coefficient (Wildman–Crippen LogP) is 3.43. The van der Waals surface area contributed by atoms with Crippen LogP contribution in [0.3, 0.4) is 0 Å². The van der Waals surface area contributed by atoms with Crippen LogP contribution in [-0.4, -0.2) is 53.7 Å². The van der Waals surface area contributed by atoms with Gasteiger partial charge in [0.25, 0.3) is 5.91 Å². The van der Waals surface area contributed by atoms with Gasteiger partial charge in [0, 0.05) is 36.1 Å². The second kappa shape index (κ2) is 6.86. The summed E-state index contributed by atoms with van der Waals surface area (Å²) in [5.41, 5.74) is -0.140. The fourth-order valence-corrected chi connectivity index (χ4v) is 3.83. The molecule has 2 heterocycles. The highest BCUT2D eigenvalue weighted by atomic mass is 35.5. The third-order valence-electron chi connectivity index (χ3n) is 4.65. The molecule has 134 valence electrons. The van der Waals surface area contributed by atoms with Crippen molar-refractivity contribution >= 4 is 46.0 Å². The molecule has 1 fully saturated rings. The first-order valence-corrected chi connectivity index (χ1v) is 8.62. The Bertz CT molecular complexity index is 831. The second-order valence-electron chi connectivity index (χ2n) is 6.35. The predicted molar refractivity (Wildman–Crippen MR) is 95.4 cm³/mol. The first-order valence-electron chi connectivity index (χ1n) is 7.86. The molecule has 0 bridgehead atoms. The lowest BCUT2D eigenvalue weighted by Crippen LogP contribution is -2.52. The van der Waals surface area contributed by atoms with Crippen LogP contribution in [0.15, 0.2) is 18.2 Å². The summed E-state index contributed by atoms with van der Waals surface area (Å²) in [6.45, 7) is 0.619. The van der Waals surface area contributed by atoms with E-state index in [1.165, 1.54) is 12.0 Å². The monoisotopic (exact) mass is 384 g/mol. The summed E-state index contributed by atoms with van der Waals surface area (Å²) >= 11 is 12.3. The topological polar surface area (TPSA) is 82.6 Å². The van der Waals surface area contributed by atoms with E-state index in [9.17, 15) is 14.7 Å². The number of carboxylic acids is 1. The molecule has 2 N–H and O–H groups in total. The average Bonchev–Trinajstić information content (AvgIpc) is 2.91. The van der Waals surface area contributed by atoms with Crippen LogP contribution in [0.1, 0.15) is 23.3 Å². The number of hydrogen-bond acceptors (Lipinski definition) is 3. The van der Waals surface area contributed by atoms with Gasteiger partial charge in [0.05, 0.1) is 11.6 Å². The quantitative estimate of drug-likeness (QED) is 0.845. The second-order valence-corrected chi connectivity index (χ2v) is 7.17. The summed E-state index contributed by atoms with van der Waals surface area (Å²) in [6, 6.07) is 5.15. The van der Waals surface area contributed by atoms with Crippen molar-refractivity contribution in [2.75, 3.05) is 26.8 Å². The number of nitrogens with zero attached hydrogens (tertiary/aromatic N) is 1. The Balaban J connectivity index is 1.92. The number of carbonyl (C=O) groups is 2. The molecule has 1 atom stereocenters. The van der Waals surface area contributed by atoms with Gasteiger partial charge < -0.3 is 19.7 Å². The van der Waals surface area contributed by atoms with Crippen molar-refractivity contribution in [3.63, 3.8) is 0 Å². The van der Waals surface area contributed by atoms with E-state index >= 15 is 0 Å². The molecule has 2 aromatic rings. The average molecular weight is 385 g/mol. The van der Waals surface area contributed by atoms with Crippen LogP contribution in [0.5, 0.6) is 0 Å². The van der Waals surface area contributed by atoms with Gasteiger partial charge in [-0.05, 0) is 31.0 Å². The summed E-state index contributed by atoms with van der Waals surface area (Å²) < 4.78 is 5.10. The number of hydrogen-bond donors (Lipinski definition) is 2. The largest absolute Gasteiger partial charge is 0.481 e. The van der Waals surface area contributed by atoms with Crippen LogP contribution < -0.4 is 0 Å². The number of likely N-dealkylation sites (tertiary alicyclic amines) is 1. The van der Waals surface area contributed by atoms with Crippen molar-refractivity contribution < 1.29 is 19.4 Å². The number of halogens is 2. The highest BCUT2D eigenvalue weighted by Gasteiger charge is 2.44. The number of amides is 1. The van der Waals surface area contributed by atoms with Gasteiger partial charge >= 0.3 is 5.97 Å². The number of carboxylic acid groups (broad SMARTS) is 1. The maximum absolute atomic E-state index is 12.9. The Hall–Kier alpha value is -1.76. The zero-order valence-electron chi connectivity index (χ0n) is 13.6. The number of rotatable bonds is 4. The molecule has 8 heteroatoms. The van der Waals surface area contributed by atoms with Gasteiger partial charge in [-0.3, -0.25) is 9.59 Å². The number of nitrogens with one attached hydrogen (secondary N) is 1. The fraction of sp³-hybridized carbons (Fsp3) is 0.412. The van der Waals surface area contributed by atoms with Gasteiger partial charge in [-0.1, -0.05) is 23.2 Å². The standard InChI is InChI=1S/C17H18Cl2N2O4/c1-25-9-17(16(23)24)5-2-6-21(8-17)15(22)14-13(19)11-7-10(18)3-4-12(11)20-14/h3-4,7,20H,2,5-6,8-9H2,1H3,(H,23,24). The van der Waals surface area contributed by atoms with Gasteiger partial charge in [-0.2, -0.15) is 0 Å². The Kier molecular flexibility index (Phi) is 4.95. The smallest absolute Gasteiger partial charge is 0.313 e. The number of carbonyl (C=O) groups excluding carboxylic acids is 1. The van der Waals surface area contributed by atoms with Crippen molar-refractivity contribution in [1.82, 2.24) is 9.88 Å². The number of aromatic amines is 1. The van der Waals surface area contributed by atoms with Gasteiger partial charge in [0.15, 0.2) is 0 Å². The SMILES string of the molecule is COCC1(C(=O)O)CCCN(C(=O)c2[nH]c3ccc(Cl)cc3c2Cl)C1. The van der Waals surface area contributed by atoms with E-state index in [1.807, 2.05) is 0 Å². The minimum Gasteiger partial charge on any atom is -0.481 e. The maximum atomic E-state index is 12.9. The molecule has 0 saturated carbocycles. The number of methoxy groups -OCH3 is 1. The van der Waals surface area contributed by atoms with Crippen molar-refractivity contribution in [1.29, 1.82) is 0 Å². The lowest BCUT2D eigenvalue weighted by molar-refractivity contribution is -0.155. The molecule has 1 aromatic heterocycles. The molecule has 0 aliphatic carbocycles. The summed E-state index contributed by atoms with van der Waals surface area (Å²) in [7, 11) is 1.46. The molecular weight excluding hydrogens is 367 g/mol. The van der Waals surface area contributed by atoms with Crippen LogP contribution in [-0.2, 0) is 9.53 Å². The van der Waals surface area contributed by atoms with E-state index in [2.05, 4.69) is 4.98 Å². The lowest BCUT2D eigenvalue weighted by Gasteiger charge is -2.39.